The van der Waals surface area contributed by atoms with E-state index in [1.165, 1.54) is 12.1 Å². The van der Waals surface area contributed by atoms with Gasteiger partial charge in [-0.2, -0.15) is 0 Å². The van der Waals surface area contributed by atoms with Crippen molar-refractivity contribution in [1.29, 1.82) is 0 Å². The summed E-state index contributed by atoms with van der Waals surface area (Å²) in [6.45, 7) is 4.07. The molecule has 4 rings (SSSR count). The molecule has 0 unspecified atom stereocenters. The van der Waals surface area contributed by atoms with Gasteiger partial charge in [-0.05, 0) is 67.9 Å². The van der Waals surface area contributed by atoms with Crippen molar-refractivity contribution < 1.29 is 13.6 Å². The number of hydrogen-bond acceptors (Lipinski definition) is 2. The average molecular weight is 413 g/mol. The van der Waals surface area contributed by atoms with Crippen LogP contribution >= 0.6 is 0 Å². The van der Waals surface area contributed by atoms with Crippen molar-refractivity contribution >= 4 is 5.91 Å². The maximum Gasteiger partial charge on any atom is 0.254 e. The molecule has 31 heavy (non-hydrogen) atoms. The van der Waals surface area contributed by atoms with Crippen molar-refractivity contribution in [3.8, 4) is 22.6 Å². The van der Waals surface area contributed by atoms with Crippen LogP contribution in [0.5, 0.6) is 0 Å². The van der Waals surface area contributed by atoms with Crippen LogP contribution in [0.1, 0.15) is 29.8 Å². The van der Waals surface area contributed by atoms with Gasteiger partial charge < -0.3 is 9.32 Å². The summed E-state index contributed by atoms with van der Waals surface area (Å²) in [5.41, 5.74) is 2.80. The molecule has 1 heterocycles. The van der Waals surface area contributed by atoms with E-state index < -0.39 is 5.54 Å². The van der Waals surface area contributed by atoms with E-state index in [1.54, 1.807) is 17.0 Å². The fraction of sp³-hybridized carbons (Fsp3) is 0.148. The molecule has 0 radical (unpaired) electrons. The van der Waals surface area contributed by atoms with Gasteiger partial charge in [0.1, 0.15) is 17.3 Å². The smallest absolute Gasteiger partial charge is 0.254 e. The Labute approximate surface area is 181 Å². The van der Waals surface area contributed by atoms with Crippen LogP contribution in [0, 0.1) is 5.82 Å². The monoisotopic (exact) mass is 413 g/mol. The number of halogens is 1. The molecule has 0 saturated carbocycles. The molecule has 0 saturated heterocycles. The Hall–Kier alpha value is -3.66. The van der Waals surface area contributed by atoms with Crippen LogP contribution in [0.3, 0.4) is 0 Å². The average Bonchev–Trinajstić information content (AvgIpc) is 3.29. The fourth-order valence-corrected chi connectivity index (χ4v) is 3.56. The first kappa shape index (κ1) is 20.6. The highest BCUT2D eigenvalue weighted by molar-refractivity contribution is 5.95. The number of carbonyl (C=O) groups is 1. The molecule has 0 spiro atoms. The number of nitrogens with zero attached hydrogens (tertiary/aromatic N) is 1. The predicted molar refractivity (Wildman–Crippen MR) is 121 cm³/mol. The Morgan fingerprint density at radius 3 is 2.13 bits per heavy atom. The van der Waals surface area contributed by atoms with E-state index in [0.29, 0.717) is 17.1 Å². The highest BCUT2D eigenvalue weighted by Gasteiger charge is 2.30. The summed E-state index contributed by atoms with van der Waals surface area (Å²) >= 11 is 0. The summed E-state index contributed by atoms with van der Waals surface area (Å²) in [6.07, 6.45) is 0. The zero-order valence-electron chi connectivity index (χ0n) is 17.8. The lowest BCUT2D eigenvalue weighted by molar-refractivity contribution is 0.0622. The third kappa shape index (κ3) is 4.15. The van der Waals surface area contributed by atoms with Gasteiger partial charge in [0.15, 0.2) is 0 Å². The van der Waals surface area contributed by atoms with Crippen LogP contribution in [0.15, 0.2) is 95.4 Å². The Morgan fingerprint density at radius 1 is 0.806 bits per heavy atom. The van der Waals surface area contributed by atoms with Crippen LogP contribution in [0.25, 0.3) is 22.6 Å². The summed E-state index contributed by atoms with van der Waals surface area (Å²) in [5.74, 6) is 0.943. The predicted octanol–water partition coefficient (Wildman–Crippen LogP) is 6.76. The molecule has 1 amide bonds. The van der Waals surface area contributed by atoms with E-state index in [4.69, 9.17) is 4.42 Å². The van der Waals surface area contributed by atoms with Gasteiger partial charge in [-0.3, -0.25) is 4.79 Å². The summed E-state index contributed by atoms with van der Waals surface area (Å²) in [5, 5.41) is 0. The maximum atomic E-state index is 13.3. The van der Waals surface area contributed by atoms with E-state index in [1.807, 2.05) is 87.6 Å². The van der Waals surface area contributed by atoms with Gasteiger partial charge in [0.2, 0.25) is 0 Å². The molecule has 0 aliphatic heterocycles. The second-order valence-electron chi connectivity index (χ2n) is 8.04. The second kappa shape index (κ2) is 8.23. The quantitative estimate of drug-likeness (QED) is 0.362. The molecule has 0 aliphatic carbocycles. The number of furan rings is 1. The lowest BCUT2D eigenvalue weighted by Gasteiger charge is -2.36. The molecule has 3 nitrogen and oxygen atoms in total. The van der Waals surface area contributed by atoms with E-state index in [0.717, 1.165) is 16.7 Å². The van der Waals surface area contributed by atoms with Gasteiger partial charge in [-0.15, -0.1) is 0 Å². The van der Waals surface area contributed by atoms with E-state index in [-0.39, 0.29) is 11.7 Å². The summed E-state index contributed by atoms with van der Waals surface area (Å²) in [7, 11) is 1.82. The summed E-state index contributed by atoms with van der Waals surface area (Å²) in [4.78, 5) is 15.0. The van der Waals surface area contributed by atoms with Crippen LogP contribution in [0.2, 0.25) is 0 Å². The second-order valence-corrected chi connectivity index (χ2v) is 8.04. The summed E-state index contributed by atoms with van der Waals surface area (Å²) < 4.78 is 19.2. The van der Waals surface area contributed by atoms with E-state index >= 15 is 0 Å². The first-order chi connectivity index (χ1) is 14.9. The van der Waals surface area contributed by atoms with Crippen LogP contribution < -0.4 is 0 Å². The standard InChI is InChI=1S/C27H24FNO2/c1-27(2,22-10-5-4-6-11-22)29(3)26(30)21-9-7-8-20(18-21)25-17-16-24(31-25)19-12-14-23(28)15-13-19/h4-18H,1-3H3. The van der Waals surface area contributed by atoms with Crippen molar-refractivity contribution in [3.63, 3.8) is 0 Å². The Balaban J connectivity index is 1.60. The topological polar surface area (TPSA) is 33.5 Å². The number of rotatable bonds is 5. The zero-order valence-corrected chi connectivity index (χ0v) is 17.8. The third-order valence-corrected chi connectivity index (χ3v) is 5.75. The van der Waals surface area contributed by atoms with Crippen molar-refractivity contribution in [2.24, 2.45) is 0 Å². The molecule has 4 aromatic rings. The van der Waals surface area contributed by atoms with Crippen LogP contribution in [0.4, 0.5) is 4.39 Å². The lowest BCUT2D eigenvalue weighted by atomic mass is 9.92. The van der Waals surface area contributed by atoms with Crippen LogP contribution in [-0.2, 0) is 5.54 Å². The number of hydrogen-bond donors (Lipinski definition) is 0. The molecule has 0 fully saturated rings. The number of carbonyl (C=O) groups excluding carboxylic acids is 1. The number of benzene rings is 3. The van der Waals surface area contributed by atoms with Crippen molar-refractivity contribution in [1.82, 2.24) is 4.90 Å². The maximum absolute atomic E-state index is 13.3. The molecule has 0 aliphatic rings. The normalized spacial score (nSPS) is 11.4. The first-order valence-electron chi connectivity index (χ1n) is 10.2. The molecular weight excluding hydrogens is 389 g/mol. The Bertz CT molecular complexity index is 1190. The van der Waals surface area contributed by atoms with Gasteiger partial charge in [0.25, 0.3) is 5.91 Å². The molecule has 156 valence electrons. The van der Waals surface area contributed by atoms with Crippen molar-refractivity contribution in [3.05, 3.63) is 108 Å². The molecule has 3 aromatic carbocycles. The molecule has 4 heteroatoms. The van der Waals surface area contributed by atoms with Gasteiger partial charge in [-0.25, -0.2) is 4.39 Å². The molecule has 0 N–H and O–H groups in total. The minimum atomic E-state index is -0.464. The minimum Gasteiger partial charge on any atom is -0.456 e. The van der Waals surface area contributed by atoms with Gasteiger partial charge in [-0.1, -0.05) is 42.5 Å². The van der Waals surface area contributed by atoms with Gasteiger partial charge in [0, 0.05) is 23.7 Å². The zero-order chi connectivity index (χ0) is 22.0. The Kier molecular flexibility index (Phi) is 5.47. The molecular formula is C27H24FNO2. The van der Waals surface area contributed by atoms with Crippen molar-refractivity contribution in [2.75, 3.05) is 7.05 Å². The van der Waals surface area contributed by atoms with Gasteiger partial charge in [0.05, 0.1) is 5.54 Å². The minimum absolute atomic E-state index is 0.0685. The van der Waals surface area contributed by atoms with Crippen molar-refractivity contribution in [2.45, 2.75) is 19.4 Å². The molecule has 0 bridgehead atoms. The van der Waals surface area contributed by atoms with E-state index in [9.17, 15) is 9.18 Å². The largest absolute Gasteiger partial charge is 0.456 e. The Morgan fingerprint density at radius 2 is 1.45 bits per heavy atom. The third-order valence-electron chi connectivity index (χ3n) is 5.75. The highest BCUT2D eigenvalue weighted by Crippen LogP contribution is 2.31. The highest BCUT2D eigenvalue weighted by atomic mass is 19.1. The molecule has 0 atom stereocenters. The first-order valence-corrected chi connectivity index (χ1v) is 10.2. The SMILES string of the molecule is CN(C(=O)c1cccc(-c2ccc(-c3ccc(F)cc3)o2)c1)C(C)(C)c1ccccc1. The number of amides is 1. The summed E-state index contributed by atoms with van der Waals surface area (Å²) in [6, 6.07) is 27.3. The fourth-order valence-electron chi connectivity index (χ4n) is 3.56. The van der Waals surface area contributed by atoms with Crippen LogP contribution in [-0.4, -0.2) is 17.9 Å². The lowest BCUT2D eigenvalue weighted by Crippen LogP contribution is -2.42. The van der Waals surface area contributed by atoms with E-state index in [2.05, 4.69) is 0 Å². The molecule has 1 aromatic heterocycles. The van der Waals surface area contributed by atoms with Gasteiger partial charge >= 0.3 is 0 Å².